The van der Waals surface area contributed by atoms with Crippen LogP contribution in [0.4, 0.5) is 5.82 Å². The Kier molecular flexibility index (Phi) is 7.01. The molecule has 1 aliphatic rings. The van der Waals surface area contributed by atoms with Crippen LogP contribution in [-0.4, -0.2) is 63.0 Å². The first-order chi connectivity index (χ1) is 14.0. The van der Waals surface area contributed by atoms with Gasteiger partial charge in [0.05, 0.1) is 23.6 Å². The van der Waals surface area contributed by atoms with E-state index < -0.39 is 0 Å². The van der Waals surface area contributed by atoms with E-state index in [2.05, 4.69) is 10.3 Å². The number of ether oxygens (including phenoxy) is 1. The van der Waals surface area contributed by atoms with Crippen molar-refractivity contribution < 1.29 is 14.6 Å². The van der Waals surface area contributed by atoms with Gasteiger partial charge in [-0.1, -0.05) is 30.0 Å². The highest BCUT2D eigenvalue weighted by molar-refractivity contribution is 8.26. The van der Waals surface area contributed by atoms with E-state index in [1.165, 1.54) is 15.4 Å². The Hall–Kier alpha value is -2.27. The topological polar surface area (TPSA) is 96.2 Å². The lowest BCUT2D eigenvalue weighted by molar-refractivity contribution is -0.122. The number of methoxy groups -OCH3 is 1. The molecule has 0 radical (unpaired) electrons. The third-order valence-electron chi connectivity index (χ3n) is 4.30. The van der Waals surface area contributed by atoms with Crippen LogP contribution in [0.5, 0.6) is 0 Å². The van der Waals surface area contributed by atoms with Crippen molar-refractivity contribution in [2.24, 2.45) is 0 Å². The fourth-order valence-corrected chi connectivity index (χ4v) is 4.11. The number of amides is 1. The number of rotatable bonds is 8. The number of aliphatic hydroxyl groups excluding tert-OH is 1. The maximum Gasteiger partial charge on any atom is 0.267 e. The minimum Gasteiger partial charge on any atom is -0.396 e. The van der Waals surface area contributed by atoms with Gasteiger partial charge >= 0.3 is 0 Å². The summed E-state index contributed by atoms with van der Waals surface area (Å²) in [5, 5.41) is 12.1. The Balaban J connectivity index is 2.06. The number of hydrogen-bond donors (Lipinski definition) is 2. The number of carbonyl (C=O) groups excluding carboxylic acids is 1. The van der Waals surface area contributed by atoms with E-state index in [1.54, 1.807) is 19.4 Å². The van der Waals surface area contributed by atoms with Crippen LogP contribution in [0.1, 0.15) is 17.5 Å². The summed E-state index contributed by atoms with van der Waals surface area (Å²) < 4.78 is 6.92. The molecule has 1 fully saturated rings. The zero-order valence-corrected chi connectivity index (χ0v) is 17.8. The number of pyridine rings is 1. The molecule has 3 rings (SSSR count). The number of thioether (sulfide) groups is 1. The lowest BCUT2D eigenvalue weighted by atomic mass is 10.2. The van der Waals surface area contributed by atoms with Crippen LogP contribution in [0, 0.1) is 6.92 Å². The summed E-state index contributed by atoms with van der Waals surface area (Å²) in [5.41, 5.74) is 1.40. The first-order valence-corrected chi connectivity index (χ1v) is 10.3. The number of anilines is 1. The molecular weight excluding hydrogens is 412 g/mol. The van der Waals surface area contributed by atoms with Crippen molar-refractivity contribution in [2.45, 2.75) is 13.3 Å². The molecular formula is C19H22N4O4S2. The summed E-state index contributed by atoms with van der Waals surface area (Å²) in [6.07, 6.45) is 3.76. The van der Waals surface area contributed by atoms with Gasteiger partial charge < -0.3 is 15.2 Å². The summed E-state index contributed by atoms with van der Waals surface area (Å²) in [6.45, 7) is 3.08. The number of aromatic nitrogens is 2. The first kappa shape index (κ1) is 21.4. The van der Waals surface area contributed by atoms with Crippen LogP contribution in [0.25, 0.3) is 11.7 Å². The molecule has 3 heterocycles. The van der Waals surface area contributed by atoms with Crippen molar-refractivity contribution in [3.8, 4) is 0 Å². The minimum atomic E-state index is -0.285. The fourth-order valence-electron chi connectivity index (χ4n) is 2.82. The predicted molar refractivity (Wildman–Crippen MR) is 118 cm³/mol. The summed E-state index contributed by atoms with van der Waals surface area (Å²) in [5.74, 6) is 0.113. The van der Waals surface area contributed by atoms with Gasteiger partial charge in [-0.2, -0.15) is 0 Å². The van der Waals surface area contributed by atoms with Crippen molar-refractivity contribution in [1.29, 1.82) is 0 Å². The average molecular weight is 435 g/mol. The monoisotopic (exact) mass is 434 g/mol. The molecule has 10 heteroatoms. The van der Waals surface area contributed by atoms with Gasteiger partial charge in [0, 0.05) is 26.5 Å². The third kappa shape index (κ3) is 4.67. The highest BCUT2D eigenvalue weighted by Gasteiger charge is 2.32. The molecule has 2 aromatic rings. The van der Waals surface area contributed by atoms with Crippen LogP contribution >= 0.6 is 24.0 Å². The molecule has 0 bridgehead atoms. The lowest BCUT2D eigenvalue weighted by Crippen LogP contribution is -2.31. The van der Waals surface area contributed by atoms with Gasteiger partial charge in [0.2, 0.25) is 0 Å². The van der Waals surface area contributed by atoms with Crippen molar-refractivity contribution in [3.63, 3.8) is 0 Å². The standard InChI is InChI=1S/C19H22N4O4S2/c1-12-4-5-15-21-16(20-6-3-8-24)13(17(25)23(15)11-12)10-14-18(26)22(7-9-27-2)19(28)29-14/h4-5,10-11,20,24H,3,6-9H2,1-2H3/b14-10-. The number of aliphatic hydroxyl groups is 1. The van der Waals surface area contributed by atoms with Crippen molar-refractivity contribution in [3.05, 3.63) is 44.7 Å². The second kappa shape index (κ2) is 9.49. The minimum absolute atomic E-state index is 0.0201. The Labute approximate surface area is 177 Å². The Morgan fingerprint density at radius 2 is 2.17 bits per heavy atom. The number of thiocarbonyl (C=S) groups is 1. The maximum absolute atomic E-state index is 13.2. The largest absolute Gasteiger partial charge is 0.396 e. The van der Waals surface area contributed by atoms with Gasteiger partial charge in [0.1, 0.15) is 15.8 Å². The quantitative estimate of drug-likeness (QED) is 0.368. The molecule has 0 aromatic carbocycles. The SMILES string of the molecule is COCCN1C(=O)/C(=C/c2c(NCCCO)nc3ccc(C)cn3c2=O)SC1=S. The number of fused-ring (bicyclic) bond motifs is 1. The molecule has 0 aliphatic carbocycles. The molecule has 0 saturated carbocycles. The maximum atomic E-state index is 13.2. The zero-order chi connectivity index (χ0) is 21.0. The van der Waals surface area contributed by atoms with Crippen LogP contribution in [0.3, 0.4) is 0 Å². The van der Waals surface area contributed by atoms with Crippen molar-refractivity contribution >= 4 is 51.7 Å². The van der Waals surface area contributed by atoms with Gasteiger partial charge in [-0.15, -0.1) is 0 Å². The van der Waals surface area contributed by atoms with Crippen molar-refractivity contribution in [1.82, 2.24) is 14.3 Å². The molecule has 1 saturated heterocycles. The molecule has 0 atom stereocenters. The average Bonchev–Trinajstić information content (AvgIpc) is 2.96. The molecule has 0 unspecified atom stereocenters. The van der Waals surface area contributed by atoms with Crippen LogP contribution in [0.15, 0.2) is 28.0 Å². The van der Waals surface area contributed by atoms with E-state index in [0.29, 0.717) is 46.8 Å². The van der Waals surface area contributed by atoms with Gasteiger partial charge in [0.25, 0.3) is 11.5 Å². The summed E-state index contributed by atoms with van der Waals surface area (Å²) in [4.78, 5) is 32.3. The number of nitrogens with one attached hydrogen (secondary N) is 1. The van der Waals surface area contributed by atoms with Crippen LogP contribution in [0.2, 0.25) is 0 Å². The van der Waals surface area contributed by atoms with Gasteiger partial charge in [-0.25, -0.2) is 4.98 Å². The van der Waals surface area contributed by atoms with Gasteiger partial charge in [-0.05, 0) is 31.1 Å². The molecule has 8 nitrogen and oxygen atoms in total. The van der Waals surface area contributed by atoms with E-state index in [1.807, 2.05) is 13.0 Å². The number of aryl methyl sites for hydroxylation is 1. The Bertz CT molecular complexity index is 1030. The molecule has 154 valence electrons. The first-order valence-electron chi connectivity index (χ1n) is 9.08. The van der Waals surface area contributed by atoms with Gasteiger partial charge in [0.15, 0.2) is 0 Å². The molecule has 1 aliphatic heterocycles. The summed E-state index contributed by atoms with van der Waals surface area (Å²) >= 11 is 6.45. The molecule has 1 amide bonds. The van der Waals surface area contributed by atoms with E-state index >= 15 is 0 Å². The lowest BCUT2D eigenvalue weighted by Gasteiger charge is -2.13. The molecule has 2 aromatic heterocycles. The van der Waals surface area contributed by atoms with Crippen LogP contribution < -0.4 is 10.9 Å². The zero-order valence-electron chi connectivity index (χ0n) is 16.2. The third-order valence-corrected chi connectivity index (χ3v) is 5.68. The van der Waals surface area contributed by atoms with Crippen LogP contribution in [-0.2, 0) is 9.53 Å². The second-order valence-electron chi connectivity index (χ2n) is 6.44. The molecule has 29 heavy (non-hydrogen) atoms. The highest BCUT2D eigenvalue weighted by atomic mass is 32.2. The Morgan fingerprint density at radius 3 is 2.90 bits per heavy atom. The fraction of sp³-hybridized carbons (Fsp3) is 0.368. The second-order valence-corrected chi connectivity index (χ2v) is 8.12. The molecule has 2 N–H and O–H groups in total. The summed E-state index contributed by atoms with van der Waals surface area (Å²) in [7, 11) is 1.56. The smallest absolute Gasteiger partial charge is 0.267 e. The predicted octanol–water partition coefficient (Wildman–Crippen LogP) is 1.64. The van der Waals surface area contributed by atoms with Crippen molar-refractivity contribution in [2.75, 3.05) is 38.7 Å². The van der Waals surface area contributed by atoms with E-state index in [-0.39, 0.29) is 23.6 Å². The van der Waals surface area contributed by atoms with E-state index in [4.69, 9.17) is 22.1 Å². The molecule has 0 spiro atoms. The number of nitrogens with zero attached hydrogens (tertiary/aromatic N) is 3. The summed E-state index contributed by atoms with van der Waals surface area (Å²) in [6, 6.07) is 3.64. The van der Waals surface area contributed by atoms with E-state index in [9.17, 15) is 9.59 Å². The van der Waals surface area contributed by atoms with Gasteiger partial charge in [-0.3, -0.25) is 18.9 Å². The number of carbonyl (C=O) groups is 1. The van der Waals surface area contributed by atoms with E-state index in [0.717, 1.165) is 17.3 Å². The highest BCUT2D eigenvalue weighted by Crippen LogP contribution is 2.32. The number of hydrogen-bond acceptors (Lipinski definition) is 8. The normalized spacial score (nSPS) is 15.7. The Morgan fingerprint density at radius 1 is 1.38 bits per heavy atom.